The van der Waals surface area contributed by atoms with Gasteiger partial charge in [-0.25, -0.2) is 8.78 Å². The van der Waals surface area contributed by atoms with Gasteiger partial charge in [0.05, 0.1) is 19.9 Å². The van der Waals surface area contributed by atoms with Gasteiger partial charge < -0.3 is 19.5 Å². The summed E-state index contributed by atoms with van der Waals surface area (Å²) in [5, 5.41) is 2.30. The quantitative estimate of drug-likeness (QED) is 0.888. The van der Waals surface area contributed by atoms with E-state index in [2.05, 4.69) is 5.32 Å². The van der Waals surface area contributed by atoms with Crippen LogP contribution in [0, 0.1) is 11.6 Å². The van der Waals surface area contributed by atoms with Gasteiger partial charge in [-0.2, -0.15) is 0 Å². The molecule has 0 fully saturated rings. The molecule has 0 aliphatic heterocycles. The highest BCUT2D eigenvalue weighted by Gasteiger charge is 2.10. The van der Waals surface area contributed by atoms with Gasteiger partial charge in [-0.15, -0.1) is 0 Å². The monoisotopic (exact) mass is 323 g/mol. The fourth-order valence-electron chi connectivity index (χ4n) is 1.79. The molecule has 0 aliphatic rings. The van der Waals surface area contributed by atoms with E-state index in [4.69, 9.17) is 14.2 Å². The third-order valence-corrected chi connectivity index (χ3v) is 2.90. The molecule has 0 heterocycles. The molecule has 2 rings (SSSR count). The van der Waals surface area contributed by atoms with E-state index in [1.807, 2.05) is 0 Å². The van der Waals surface area contributed by atoms with Gasteiger partial charge in [-0.05, 0) is 12.1 Å². The average molecular weight is 323 g/mol. The van der Waals surface area contributed by atoms with Crippen molar-refractivity contribution in [3.05, 3.63) is 48.0 Å². The van der Waals surface area contributed by atoms with Gasteiger partial charge in [0.15, 0.2) is 6.61 Å². The Labute approximate surface area is 131 Å². The van der Waals surface area contributed by atoms with Gasteiger partial charge >= 0.3 is 0 Å². The van der Waals surface area contributed by atoms with Crippen LogP contribution in [-0.4, -0.2) is 26.7 Å². The Morgan fingerprint density at radius 3 is 2.17 bits per heavy atom. The normalized spacial score (nSPS) is 10.1. The highest BCUT2D eigenvalue weighted by molar-refractivity contribution is 5.92. The number of benzene rings is 2. The lowest BCUT2D eigenvalue weighted by Crippen LogP contribution is -2.20. The molecule has 0 aliphatic carbocycles. The summed E-state index contributed by atoms with van der Waals surface area (Å²) in [6.07, 6.45) is 0. The number of carbonyl (C=O) groups is 1. The largest absolute Gasteiger partial charge is 0.496 e. The Hall–Kier alpha value is -2.83. The number of ether oxygens (including phenoxy) is 3. The molecular formula is C16H15F2NO4. The summed E-state index contributed by atoms with van der Waals surface area (Å²) in [5.74, 6) is -0.802. The van der Waals surface area contributed by atoms with E-state index in [9.17, 15) is 13.6 Å². The molecular weight excluding hydrogens is 308 g/mol. The standard InChI is InChI=1S/C16H15F2NO4/c1-21-11-6-12(22-2)8-13(7-11)23-9-16(20)19-15-4-3-10(17)5-14(15)18/h3-8H,9H2,1-2H3,(H,19,20). The zero-order chi connectivity index (χ0) is 16.8. The SMILES string of the molecule is COc1cc(OC)cc(OCC(=O)Nc2ccc(F)cc2F)c1. The Balaban J connectivity index is 1.99. The first kappa shape index (κ1) is 16.5. The van der Waals surface area contributed by atoms with Crippen molar-refractivity contribution in [2.45, 2.75) is 0 Å². The third-order valence-electron chi connectivity index (χ3n) is 2.90. The minimum absolute atomic E-state index is 0.122. The van der Waals surface area contributed by atoms with Crippen LogP contribution in [-0.2, 0) is 4.79 Å². The Kier molecular flexibility index (Phi) is 5.35. The molecule has 0 unspecified atom stereocenters. The van der Waals surface area contributed by atoms with Crippen molar-refractivity contribution < 1.29 is 27.8 Å². The molecule has 0 radical (unpaired) electrons. The van der Waals surface area contributed by atoms with E-state index >= 15 is 0 Å². The number of rotatable bonds is 6. The van der Waals surface area contributed by atoms with E-state index in [0.717, 1.165) is 12.1 Å². The van der Waals surface area contributed by atoms with Crippen molar-refractivity contribution in [1.29, 1.82) is 0 Å². The van der Waals surface area contributed by atoms with E-state index in [1.165, 1.54) is 14.2 Å². The summed E-state index contributed by atoms with van der Waals surface area (Å²) in [5.41, 5.74) is -0.122. The fourth-order valence-corrected chi connectivity index (χ4v) is 1.79. The van der Waals surface area contributed by atoms with Crippen LogP contribution >= 0.6 is 0 Å². The molecule has 5 nitrogen and oxygen atoms in total. The van der Waals surface area contributed by atoms with Crippen LogP contribution in [0.15, 0.2) is 36.4 Å². The number of carbonyl (C=O) groups excluding carboxylic acids is 1. The highest BCUT2D eigenvalue weighted by Crippen LogP contribution is 2.27. The van der Waals surface area contributed by atoms with Gasteiger partial charge in [0.2, 0.25) is 0 Å². The second-order valence-electron chi connectivity index (χ2n) is 4.51. The van der Waals surface area contributed by atoms with Crippen LogP contribution in [0.25, 0.3) is 0 Å². The number of nitrogens with one attached hydrogen (secondary N) is 1. The molecule has 0 bridgehead atoms. The lowest BCUT2D eigenvalue weighted by Gasteiger charge is -2.11. The van der Waals surface area contributed by atoms with E-state index in [-0.39, 0.29) is 12.3 Å². The fraction of sp³-hybridized carbons (Fsp3) is 0.188. The second kappa shape index (κ2) is 7.44. The number of amides is 1. The lowest BCUT2D eigenvalue weighted by molar-refractivity contribution is -0.118. The predicted octanol–water partition coefficient (Wildman–Crippen LogP) is 3.00. The Morgan fingerprint density at radius 1 is 1.00 bits per heavy atom. The molecule has 122 valence electrons. The topological polar surface area (TPSA) is 56.8 Å². The van der Waals surface area contributed by atoms with Crippen molar-refractivity contribution in [1.82, 2.24) is 0 Å². The molecule has 0 spiro atoms. The summed E-state index contributed by atoms with van der Waals surface area (Å²) in [7, 11) is 2.98. The first-order chi connectivity index (χ1) is 11.0. The molecule has 2 aromatic carbocycles. The van der Waals surface area contributed by atoms with Crippen molar-refractivity contribution in [3.63, 3.8) is 0 Å². The number of anilines is 1. The molecule has 0 atom stereocenters. The molecule has 1 amide bonds. The summed E-state index contributed by atoms with van der Waals surface area (Å²) in [4.78, 5) is 11.8. The Morgan fingerprint density at radius 2 is 1.61 bits per heavy atom. The summed E-state index contributed by atoms with van der Waals surface area (Å²) in [6, 6.07) is 7.68. The minimum Gasteiger partial charge on any atom is -0.496 e. The summed E-state index contributed by atoms with van der Waals surface area (Å²) < 4.78 is 41.7. The molecule has 23 heavy (non-hydrogen) atoms. The molecule has 0 saturated heterocycles. The van der Waals surface area contributed by atoms with Crippen LogP contribution in [0.1, 0.15) is 0 Å². The van der Waals surface area contributed by atoms with Gasteiger partial charge in [-0.1, -0.05) is 0 Å². The van der Waals surface area contributed by atoms with Crippen LogP contribution in [0.4, 0.5) is 14.5 Å². The number of methoxy groups -OCH3 is 2. The highest BCUT2D eigenvalue weighted by atomic mass is 19.1. The smallest absolute Gasteiger partial charge is 0.262 e. The van der Waals surface area contributed by atoms with Gasteiger partial charge in [0.25, 0.3) is 5.91 Å². The van der Waals surface area contributed by atoms with Crippen molar-refractivity contribution in [2.75, 3.05) is 26.1 Å². The zero-order valence-electron chi connectivity index (χ0n) is 12.6. The van der Waals surface area contributed by atoms with Crippen molar-refractivity contribution in [3.8, 4) is 17.2 Å². The van der Waals surface area contributed by atoms with Crippen LogP contribution in [0.5, 0.6) is 17.2 Å². The summed E-state index contributed by atoms with van der Waals surface area (Å²) >= 11 is 0. The minimum atomic E-state index is -0.860. The second-order valence-corrected chi connectivity index (χ2v) is 4.51. The maximum absolute atomic E-state index is 13.4. The Bertz CT molecular complexity index is 684. The van der Waals surface area contributed by atoms with Crippen LogP contribution < -0.4 is 19.5 Å². The van der Waals surface area contributed by atoms with Crippen LogP contribution in [0.2, 0.25) is 0 Å². The van der Waals surface area contributed by atoms with E-state index in [0.29, 0.717) is 23.3 Å². The molecule has 0 saturated carbocycles. The van der Waals surface area contributed by atoms with E-state index in [1.54, 1.807) is 18.2 Å². The van der Waals surface area contributed by atoms with Gasteiger partial charge in [0, 0.05) is 24.3 Å². The predicted molar refractivity (Wildman–Crippen MR) is 80.0 cm³/mol. The number of hydrogen-bond acceptors (Lipinski definition) is 4. The maximum atomic E-state index is 13.4. The zero-order valence-corrected chi connectivity index (χ0v) is 12.6. The average Bonchev–Trinajstić information content (AvgIpc) is 2.55. The van der Waals surface area contributed by atoms with E-state index < -0.39 is 17.5 Å². The van der Waals surface area contributed by atoms with Gasteiger partial charge in [0.1, 0.15) is 28.9 Å². The van der Waals surface area contributed by atoms with Gasteiger partial charge in [-0.3, -0.25) is 4.79 Å². The van der Waals surface area contributed by atoms with Crippen molar-refractivity contribution >= 4 is 11.6 Å². The first-order valence-electron chi connectivity index (χ1n) is 6.62. The van der Waals surface area contributed by atoms with Crippen LogP contribution in [0.3, 0.4) is 0 Å². The van der Waals surface area contributed by atoms with Crippen molar-refractivity contribution in [2.24, 2.45) is 0 Å². The lowest BCUT2D eigenvalue weighted by atomic mass is 10.3. The molecule has 1 N–H and O–H groups in total. The molecule has 2 aromatic rings. The molecule has 7 heteroatoms. The molecule has 0 aromatic heterocycles. The first-order valence-corrected chi connectivity index (χ1v) is 6.62. The third kappa shape index (κ3) is 4.57. The maximum Gasteiger partial charge on any atom is 0.262 e. The summed E-state index contributed by atoms with van der Waals surface area (Å²) in [6.45, 7) is -0.354. The number of hydrogen-bond donors (Lipinski definition) is 1. The number of halogens is 2.